The molecule has 8 nitrogen and oxygen atoms in total. The van der Waals surface area contributed by atoms with Gasteiger partial charge in [-0.1, -0.05) is 32.0 Å². The van der Waals surface area contributed by atoms with Gasteiger partial charge in [-0.2, -0.15) is 10.2 Å². The molecule has 1 N–H and O–H groups in total. The molecule has 1 aromatic carbocycles. The van der Waals surface area contributed by atoms with Crippen molar-refractivity contribution in [3.05, 3.63) is 81.4 Å². The van der Waals surface area contributed by atoms with Crippen molar-refractivity contribution in [2.45, 2.75) is 65.1 Å². The van der Waals surface area contributed by atoms with Crippen molar-refractivity contribution < 1.29 is 19.1 Å². The number of carbonyl (C=O) groups excluding carboxylic acids is 1. The summed E-state index contributed by atoms with van der Waals surface area (Å²) in [5, 5.41) is 18.1. The van der Waals surface area contributed by atoms with Crippen LogP contribution in [-0.2, 0) is 9.59 Å². The summed E-state index contributed by atoms with van der Waals surface area (Å²) in [4.78, 5) is 40.4. The van der Waals surface area contributed by atoms with Crippen molar-refractivity contribution in [3.8, 4) is 11.3 Å². The molecule has 40 heavy (non-hydrogen) atoms. The Morgan fingerprint density at radius 3 is 2.30 bits per heavy atom. The molecule has 3 rings (SSSR count). The first-order valence-corrected chi connectivity index (χ1v) is 13.5. The maximum Gasteiger partial charge on any atom is 0.303 e. The monoisotopic (exact) mass is 550 g/mol. The number of ketones is 1. The van der Waals surface area contributed by atoms with Crippen LogP contribution < -0.4 is 5.56 Å². The summed E-state index contributed by atoms with van der Waals surface area (Å²) in [6.07, 6.45) is 1.66. The quantitative estimate of drug-likeness (QED) is 0.308. The Bertz CT molecular complexity index is 1380. The van der Waals surface area contributed by atoms with Gasteiger partial charge in [0.2, 0.25) is 0 Å². The summed E-state index contributed by atoms with van der Waals surface area (Å²) in [5.74, 6) is -1.88. The summed E-state index contributed by atoms with van der Waals surface area (Å²) in [6, 6.07) is 9.67. The molecular formula is C31H39FN4O4. The lowest BCUT2D eigenvalue weighted by atomic mass is 9.87. The maximum absolute atomic E-state index is 14.6. The van der Waals surface area contributed by atoms with E-state index in [1.54, 1.807) is 25.1 Å². The Labute approximate surface area is 234 Å². The topological polar surface area (TPSA) is 105 Å². The largest absolute Gasteiger partial charge is 0.481 e. The van der Waals surface area contributed by atoms with Gasteiger partial charge in [0.1, 0.15) is 6.17 Å². The Hall–Kier alpha value is -3.72. The van der Waals surface area contributed by atoms with Gasteiger partial charge in [0.25, 0.3) is 5.56 Å². The normalized spacial score (nSPS) is 13.8. The number of carboxylic acids is 1. The minimum Gasteiger partial charge on any atom is -0.481 e. The lowest BCUT2D eigenvalue weighted by molar-refractivity contribution is -0.137. The highest BCUT2D eigenvalue weighted by Gasteiger charge is 2.28. The van der Waals surface area contributed by atoms with Crippen molar-refractivity contribution in [2.75, 3.05) is 20.6 Å². The van der Waals surface area contributed by atoms with Crippen LogP contribution in [0.25, 0.3) is 11.3 Å². The summed E-state index contributed by atoms with van der Waals surface area (Å²) >= 11 is 0. The number of rotatable bonds is 13. The molecule has 3 atom stereocenters. The summed E-state index contributed by atoms with van der Waals surface area (Å²) in [7, 11) is 3.50. The summed E-state index contributed by atoms with van der Waals surface area (Å²) in [5.41, 5.74) is 3.95. The van der Waals surface area contributed by atoms with E-state index in [0.717, 1.165) is 16.7 Å². The second-order valence-electron chi connectivity index (χ2n) is 11.2. The standard InChI is InChI=1S/C31H39FN4O4/c1-19(2)12-27(36-11-10-22(15-29(36)38)25(32)18-35(5)6)28(37)14-23(16-30(39)40)24-13-26(34-33-17-24)31-20(3)8-7-9-21(31)4/h7-11,13,15,17,19,23,25,27H,12,14,16,18H2,1-6H3,(H,39,40)/t23-,25?,27-/m0/s1. The number of hydrogen-bond acceptors (Lipinski definition) is 6. The Kier molecular flexibility index (Phi) is 10.5. The van der Waals surface area contributed by atoms with Crippen molar-refractivity contribution >= 4 is 11.8 Å². The minimum absolute atomic E-state index is 0.0827. The van der Waals surface area contributed by atoms with Crippen LogP contribution in [0.15, 0.2) is 53.6 Å². The zero-order valence-corrected chi connectivity index (χ0v) is 24.1. The van der Waals surface area contributed by atoms with Gasteiger partial charge in [0, 0.05) is 36.7 Å². The molecule has 0 saturated carbocycles. The van der Waals surface area contributed by atoms with E-state index >= 15 is 0 Å². The molecule has 0 amide bonds. The van der Waals surface area contributed by atoms with Crippen LogP contribution in [0.3, 0.4) is 0 Å². The SMILES string of the molecule is Cc1cccc(C)c1-c1cc([C@H](CC(=O)O)CC(=O)[C@H](CC(C)C)n2ccc(C(F)CN(C)C)cc2=O)cnn1. The van der Waals surface area contributed by atoms with Gasteiger partial charge in [-0.15, -0.1) is 0 Å². The molecular weight excluding hydrogens is 511 g/mol. The van der Waals surface area contributed by atoms with Crippen molar-refractivity contribution in [2.24, 2.45) is 5.92 Å². The number of nitrogens with zero attached hydrogens (tertiary/aromatic N) is 4. The van der Waals surface area contributed by atoms with Crippen molar-refractivity contribution in [3.63, 3.8) is 0 Å². The van der Waals surface area contributed by atoms with E-state index < -0.39 is 29.7 Å². The molecule has 2 heterocycles. The van der Waals surface area contributed by atoms with Crippen LogP contribution in [0, 0.1) is 19.8 Å². The van der Waals surface area contributed by atoms with Crippen LogP contribution in [0.1, 0.15) is 73.5 Å². The number of alkyl halides is 1. The molecule has 0 aliphatic heterocycles. The number of carboxylic acid groups (broad SMARTS) is 1. The van der Waals surface area contributed by atoms with Gasteiger partial charge in [0.15, 0.2) is 5.78 Å². The summed E-state index contributed by atoms with van der Waals surface area (Å²) < 4.78 is 16.0. The minimum atomic E-state index is -1.33. The fourth-order valence-corrected chi connectivity index (χ4v) is 5.07. The molecule has 2 aromatic heterocycles. The first-order valence-electron chi connectivity index (χ1n) is 13.5. The van der Waals surface area contributed by atoms with Crippen LogP contribution in [0.4, 0.5) is 4.39 Å². The van der Waals surface area contributed by atoms with E-state index in [1.807, 2.05) is 45.9 Å². The highest BCUT2D eigenvalue weighted by Crippen LogP contribution is 2.32. The lowest BCUT2D eigenvalue weighted by Gasteiger charge is -2.24. The Balaban J connectivity index is 1.96. The van der Waals surface area contributed by atoms with E-state index in [2.05, 4.69) is 10.2 Å². The molecule has 0 fully saturated rings. The smallest absolute Gasteiger partial charge is 0.303 e. The van der Waals surface area contributed by atoms with Crippen molar-refractivity contribution in [1.29, 1.82) is 0 Å². The lowest BCUT2D eigenvalue weighted by Crippen LogP contribution is -2.32. The molecule has 0 saturated heterocycles. The molecule has 0 radical (unpaired) electrons. The van der Waals surface area contributed by atoms with Crippen LogP contribution in [-0.4, -0.2) is 57.2 Å². The maximum atomic E-state index is 14.6. The number of hydrogen-bond donors (Lipinski definition) is 1. The van der Waals surface area contributed by atoms with E-state index in [9.17, 15) is 23.9 Å². The van der Waals surface area contributed by atoms with Gasteiger partial charge in [-0.05, 0) is 74.7 Å². The average molecular weight is 551 g/mol. The molecule has 0 spiro atoms. The molecule has 0 aliphatic carbocycles. The number of aromatic nitrogens is 3. The number of carbonyl (C=O) groups is 2. The van der Waals surface area contributed by atoms with Gasteiger partial charge < -0.3 is 14.6 Å². The first-order chi connectivity index (χ1) is 18.9. The van der Waals surface area contributed by atoms with Crippen LogP contribution in [0.2, 0.25) is 0 Å². The second kappa shape index (κ2) is 13.6. The van der Waals surface area contributed by atoms with Gasteiger partial charge in [-0.25, -0.2) is 4.39 Å². The third kappa shape index (κ3) is 7.91. The zero-order chi connectivity index (χ0) is 29.6. The van der Waals surface area contributed by atoms with E-state index in [0.29, 0.717) is 17.7 Å². The highest BCUT2D eigenvalue weighted by atomic mass is 19.1. The fourth-order valence-electron chi connectivity index (χ4n) is 5.07. The first kappa shape index (κ1) is 30.8. The van der Waals surface area contributed by atoms with Crippen LogP contribution >= 0.6 is 0 Å². The number of benzene rings is 1. The molecule has 214 valence electrons. The zero-order valence-electron chi connectivity index (χ0n) is 24.1. The van der Waals surface area contributed by atoms with Gasteiger partial charge in [-0.3, -0.25) is 14.4 Å². The average Bonchev–Trinajstić information content (AvgIpc) is 2.86. The second-order valence-corrected chi connectivity index (χ2v) is 11.2. The third-order valence-electron chi connectivity index (χ3n) is 7.01. The number of aryl methyl sites for hydroxylation is 2. The molecule has 0 aliphatic rings. The van der Waals surface area contributed by atoms with E-state index in [1.165, 1.54) is 29.1 Å². The van der Waals surface area contributed by atoms with Crippen LogP contribution in [0.5, 0.6) is 0 Å². The van der Waals surface area contributed by atoms with E-state index in [4.69, 9.17) is 0 Å². The third-order valence-corrected chi connectivity index (χ3v) is 7.01. The molecule has 1 unspecified atom stereocenters. The predicted molar refractivity (Wildman–Crippen MR) is 153 cm³/mol. The highest BCUT2D eigenvalue weighted by molar-refractivity contribution is 5.84. The molecule has 0 bridgehead atoms. The fraction of sp³-hybridized carbons (Fsp3) is 0.452. The number of Topliss-reactive ketones (excluding diaryl/α,β-unsaturated/α-hetero) is 1. The van der Waals surface area contributed by atoms with Gasteiger partial charge in [0.05, 0.1) is 24.4 Å². The number of halogens is 1. The van der Waals surface area contributed by atoms with E-state index in [-0.39, 0.29) is 36.7 Å². The summed E-state index contributed by atoms with van der Waals surface area (Å²) in [6.45, 7) is 7.98. The molecule has 9 heteroatoms. The Morgan fingerprint density at radius 2 is 1.73 bits per heavy atom. The number of aliphatic carboxylic acids is 1. The number of likely N-dealkylation sites (N-methyl/N-ethyl adjacent to an activating group) is 1. The van der Waals surface area contributed by atoms with Gasteiger partial charge >= 0.3 is 5.97 Å². The molecule has 3 aromatic rings. The number of pyridine rings is 1. The van der Waals surface area contributed by atoms with Crippen molar-refractivity contribution in [1.82, 2.24) is 19.7 Å². The Morgan fingerprint density at radius 1 is 1.05 bits per heavy atom. The predicted octanol–water partition coefficient (Wildman–Crippen LogP) is 5.30.